The van der Waals surface area contributed by atoms with Gasteiger partial charge in [-0.1, -0.05) is 23.2 Å². The van der Waals surface area contributed by atoms with E-state index >= 15 is 0 Å². The summed E-state index contributed by atoms with van der Waals surface area (Å²) in [7, 11) is 0. The van der Waals surface area contributed by atoms with Gasteiger partial charge in [0.2, 0.25) is 0 Å². The van der Waals surface area contributed by atoms with Crippen LogP contribution in [0.2, 0.25) is 10.2 Å². The van der Waals surface area contributed by atoms with Crippen LogP contribution in [0.25, 0.3) is 0 Å². The van der Waals surface area contributed by atoms with Crippen LogP contribution in [0, 0.1) is 0 Å². The standard InChI is InChI=1S/C12H9Cl2N3O.2ClH/c13-10-4-12(14)17-6-9(10)11(18)7-16-8-2-1-3-15-5-8;;/h1-6,16H,7H2;2*1H. The molecule has 0 fully saturated rings. The third-order valence-corrected chi connectivity index (χ3v) is 2.75. The molecule has 0 aliphatic heterocycles. The lowest BCUT2D eigenvalue weighted by atomic mass is 10.2. The van der Waals surface area contributed by atoms with Crippen LogP contribution in [0.1, 0.15) is 10.4 Å². The molecule has 0 spiro atoms. The fraction of sp³-hybridized carbons (Fsp3) is 0.0833. The molecular formula is C12H11Cl4N3O. The van der Waals surface area contributed by atoms with Gasteiger partial charge in [0.15, 0.2) is 5.78 Å². The number of hydrogen-bond acceptors (Lipinski definition) is 4. The quantitative estimate of drug-likeness (QED) is 0.667. The number of rotatable bonds is 4. The van der Waals surface area contributed by atoms with Crippen LogP contribution in [0.15, 0.2) is 36.8 Å². The Bertz CT molecular complexity index is 566. The molecule has 2 rings (SSSR count). The van der Waals surface area contributed by atoms with Crippen molar-refractivity contribution in [2.24, 2.45) is 0 Å². The molecule has 0 aromatic carbocycles. The van der Waals surface area contributed by atoms with Crippen molar-refractivity contribution in [2.75, 3.05) is 11.9 Å². The highest BCUT2D eigenvalue weighted by Gasteiger charge is 2.11. The van der Waals surface area contributed by atoms with Gasteiger partial charge in [-0.2, -0.15) is 0 Å². The zero-order valence-electron chi connectivity index (χ0n) is 10.0. The van der Waals surface area contributed by atoms with E-state index in [1.807, 2.05) is 6.07 Å². The Kier molecular flexibility index (Phi) is 8.49. The summed E-state index contributed by atoms with van der Waals surface area (Å²) in [5.41, 5.74) is 1.11. The second kappa shape index (κ2) is 8.97. The molecule has 0 saturated carbocycles. The molecule has 0 atom stereocenters. The van der Waals surface area contributed by atoms with E-state index in [0.717, 1.165) is 5.69 Å². The summed E-state index contributed by atoms with van der Waals surface area (Å²) in [5, 5.41) is 3.51. The molecule has 108 valence electrons. The van der Waals surface area contributed by atoms with Crippen LogP contribution in [-0.2, 0) is 0 Å². The van der Waals surface area contributed by atoms with Crippen molar-refractivity contribution in [3.8, 4) is 0 Å². The lowest BCUT2D eigenvalue weighted by Gasteiger charge is -2.06. The third kappa shape index (κ3) is 5.13. The minimum Gasteiger partial charge on any atom is -0.376 e. The number of pyridine rings is 2. The second-order valence-electron chi connectivity index (χ2n) is 3.51. The van der Waals surface area contributed by atoms with Crippen molar-refractivity contribution in [1.29, 1.82) is 0 Å². The predicted octanol–water partition coefficient (Wildman–Crippen LogP) is 3.92. The molecule has 0 radical (unpaired) electrons. The summed E-state index contributed by atoms with van der Waals surface area (Å²) < 4.78 is 0. The molecular weight excluding hydrogens is 344 g/mol. The maximum absolute atomic E-state index is 11.9. The SMILES string of the molecule is Cl.Cl.O=C(CNc1cccnc1)c1cnc(Cl)cc1Cl. The van der Waals surface area contributed by atoms with E-state index in [1.54, 1.807) is 18.5 Å². The van der Waals surface area contributed by atoms with Gasteiger partial charge in [-0.25, -0.2) is 4.98 Å². The number of nitrogens with zero attached hydrogens (tertiary/aromatic N) is 2. The molecule has 0 bridgehead atoms. The molecule has 0 aliphatic carbocycles. The van der Waals surface area contributed by atoms with Crippen LogP contribution < -0.4 is 5.32 Å². The van der Waals surface area contributed by atoms with Crippen molar-refractivity contribution in [2.45, 2.75) is 0 Å². The van der Waals surface area contributed by atoms with Crippen LogP contribution in [0.3, 0.4) is 0 Å². The lowest BCUT2D eigenvalue weighted by molar-refractivity contribution is 0.101. The number of halogens is 4. The molecule has 20 heavy (non-hydrogen) atoms. The van der Waals surface area contributed by atoms with Crippen molar-refractivity contribution in [1.82, 2.24) is 9.97 Å². The van der Waals surface area contributed by atoms with E-state index < -0.39 is 0 Å². The van der Waals surface area contributed by atoms with E-state index in [0.29, 0.717) is 10.6 Å². The van der Waals surface area contributed by atoms with Crippen LogP contribution in [-0.4, -0.2) is 22.3 Å². The molecule has 4 nitrogen and oxygen atoms in total. The lowest BCUT2D eigenvalue weighted by Crippen LogP contribution is -2.14. The monoisotopic (exact) mass is 353 g/mol. The van der Waals surface area contributed by atoms with Crippen LogP contribution in [0.4, 0.5) is 5.69 Å². The summed E-state index contributed by atoms with van der Waals surface area (Å²) in [4.78, 5) is 19.7. The van der Waals surface area contributed by atoms with Gasteiger partial charge >= 0.3 is 0 Å². The third-order valence-electron chi connectivity index (χ3n) is 2.24. The maximum atomic E-state index is 11.9. The van der Waals surface area contributed by atoms with Gasteiger partial charge in [-0.3, -0.25) is 9.78 Å². The number of ketones is 1. The number of anilines is 1. The molecule has 8 heteroatoms. The number of carbonyl (C=O) groups is 1. The zero-order chi connectivity index (χ0) is 13.0. The summed E-state index contributed by atoms with van der Waals surface area (Å²) in [6.45, 7) is 0.120. The van der Waals surface area contributed by atoms with Crippen molar-refractivity contribution >= 4 is 59.5 Å². The highest BCUT2D eigenvalue weighted by atomic mass is 35.5. The molecule has 0 aliphatic rings. The zero-order valence-corrected chi connectivity index (χ0v) is 13.2. The Hall–Kier alpha value is -1.07. The number of carbonyl (C=O) groups excluding carboxylic acids is 1. The van der Waals surface area contributed by atoms with Gasteiger partial charge < -0.3 is 5.32 Å². The predicted molar refractivity (Wildman–Crippen MR) is 85.8 cm³/mol. The molecule has 2 heterocycles. The maximum Gasteiger partial charge on any atom is 0.184 e. The van der Waals surface area contributed by atoms with Crippen molar-refractivity contribution in [3.63, 3.8) is 0 Å². The summed E-state index contributed by atoms with van der Waals surface area (Å²) >= 11 is 11.6. The first kappa shape index (κ1) is 18.9. The van der Waals surface area contributed by atoms with Gasteiger partial charge in [0.1, 0.15) is 5.15 Å². The normalized spacial score (nSPS) is 9.10. The Morgan fingerprint density at radius 3 is 2.60 bits per heavy atom. The van der Waals surface area contributed by atoms with Crippen molar-refractivity contribution in [3.05, 3.63) is 52.5 Å². The fourth-order valence-corrected chi connectivity index (χ4v) is 1.83. The van der Waals surface area contributed by atoms with Crippen LogP contribution in [0.5, 0.6) is 0 Å². The molecule has 1 N–H and O–H groups in total. The highest BCUT2D eigenvalue weighted by molar-refractivity contribution is 6.36. The van der Waals surface area contributed by atoms with E-state index in [-0.39, 0.29) is 42.3 Å². The number of hydrogen-bond donors (Lipinski definition) is 1. The first-order valence-corrected chi connectivity index (χ1v) is 5.90. The highest BCUT2D eigenvalue weighted by Crippen LogP contribution is 2.19. The minimum atomic E-state index is -0.159. The summed E-state index contributed by atoms with van der Waals surface area (Å²) in [5.74, 6) is -0.159. The fourth-order valence-electron chi connectivity index (χ4n) is 1.36. The molecule has 0 saturated heterocycles. The number of Topliss-reactive ketones (excluding diaryl/α,β-unsaturated/α-hetero) is 1. The number of nitrogens with one attached hydrogen (secondary N) is 1. The topological polar surface area (TPSA) is 54.9 Å². The Morgan fingerprint density at radius 1 is 1.25 bits per heavy atom. The van der Waals surface area contributed by atoms with Gasteiger partial charge in [0.25, 0.3) is 0 Å². The second-order valence-corrected chi connectivity index (χ2v) is 4.30. The Balaban J connectivity index is 0.00000180. The molecule has 0 amide bonds. The first-order chi connectivity index (χ1) is 8.66. The average molecular weight is 355 g/mol. The Labute approximate surface area is 138 Å². The summed E-state index contributed by atoms with van der Waals surface area (Å²) in [6, 6.07) is 5.05. The van der Waals surface area contributed by atoms with E-state index in [1.165, 1.54) is 12.3 Å². The van der Waals surface area contributed by atoms with Gasteiger partial charge in [0, 0.05) is 18.6 Å². The van der Waals surface area contributed by atoms with Gasteiger partial charge in [0.05, 0.1) is 22.8 Å². The van der Waals surface area contributed by atoms with Crippen LogP contribution >= 0.6 is 48.0 Å². The van der Waals surface area contributed by atoms with Gasteiger partial charge in [-0.05, 0) is 18.2 Å². The Morgan fingerprint density at radius 2 is 2.00 bits per heavy atom. The largest absolute Gasteiger partial charge is 0.376 e. The molecule has 2 aromatic heterocycles. The number of aromatic nitrogens is 2. The molecule has 2 aromatic rings. The van der Waals surface area contributed by atoms with Gasteiger partial charge in [-0.15, -0.1) is 24.8 Å². The first-order valence-electron chi connectivity index (χ1n) is 5.15. The van der Waals surface area contributed by atoms with Crippen molar-refractivity contribution < 1.29 is 4.79 Å². The average Bonchev–Trinajstić information content (AvgIpc) is 2.37. The minimum absolute atomic E-state index is 0. The van der Waals surface area contributed by atoms with E-state index in [9.17, 15) is 4.79 Å². The van der Waals surface area contributed by atoms with E-state index in [2.05, 4.69) is 15.3 Å². The summed E-state index contributed by atoms with van der Waals surface area (Å²) in [6.07, 6.45) is 4.67. The van der Waals surface area contributed by atoms with E-state index in [4.69, 9.17) is 23.2 Å². The smallest absolute Gasteiger partial charge is 0.184 e. The molecule has 0 unspecified atom stereocenters.